The zero-order valence-electron chi connectivity index (χ0n) is 9.95. The van der Waals surface area contributed by atoms with Crippen molar-refractivity contribution >= 4 is 5.97 Å². The Bertz CT molecular complexity index is 220. The highest BCUT2D eigenvalue weighted by molar-refractivity contribution is 5.69. The van der Waals surface area contributed by atoms with Crippen LogP contribution in [0.3, 0.4) is 0 Å². The van der Waals surface area contributed by atoms with E-state index in [1.807, 2.05) is 6.08 Å². The number of carbonyl (C=O) groups is 1. The zero-order chi connectivity index (χ0) is 11.8. The molecule has 0 spiro atoms. The molecule has 0 heterocycles. The Morgan fingerprint density at radius 3 is 2.62 bits per heavy atom. The fourth-order valence-corrected chi connectivity index (χ4v) is 2.29. The summed E-state index contributed by atoms with van der Waals surface area (Å²) >= 11 is 0. The van der Waals surface area contributed by atoms with Gasteiger partial charge >= 0.3 is 5.97 Å². The summed E-state index contributed by atoms with van der Waals surface area (Å²) < 4.78 is 0. The molecule has 0 unspecified atom stereocenters. The topological polar surface area (TPSA) is 49.3 Å². The van der Waals surface area contributed by atoms with Gasteiger partial charge in [0.05, 0.1) is 5.92 Å². The molecule has 3 heteroatoms. The summed E-state index contributed by atoms with van der Waals surface area (Å²) in [5.41, 5.74) is 0. The lowest BCUT2D eigenvalue weighted by Gasteiger charge is -2.26. The highest BCUT2D eigenvalue weighted by atomic mass is 16.4. The average Bonchev–Trinajstić information content (AvgIpc) is 2.29. The summed E-state index contributed by atoms with van der Waals surface area (Å²) in [5.74, 6) is -0.0197. The van der Waals surface area contributed by atoms with Crippen LogP contribution in [0.25, 0.3) is 0 Å². The Morgan fingerprint density at radius 2 is 2.06 bits per heavy atom. The maximum atomic E-state index is 10.8. The van der Waals surface area contributed by atoms with E-state index in [1.165, 1.54) is 0 Å². The molecule has 1 rings (SSSR count). The van der Waals surface area contributed by atoms with Crippen LogP contribution in [-0.2, 0) is 4.79 Å². The quantitative estimate of drug-likeness (QED) is 0.517. The van der Waals surface area contributed by atoms with Gasteiger partial charge in [-0.1, -0.05) is 6.08 Å². The van der Waals surface area contributed by atoms with Crippen molar-refractivity contribution in [1.29, 1.82) is 0 Å². The second-order valence-corrected chi connectivity index (χ2v) is 4.69. The number of carboxylic acid groups (broad SMARTS) is 1. The Kier molecular flexibility index (Phi) is 6.16. The predicted octanol–water partition coefficient (Wildman–Crippen LogP) is 2.43. The smallest absolute Gasteiger partial charge is 0.306 e. The van der Waals surface area contributed by atoms with Crippen LogP contribution in [0.5, 0.6) is 0 Å². The molecule has 1 aliphatic carbocycles. The van der Waals surface area contributed by atoms with Crippen LogP contribution in [0.4, 0.5) is 0 Å². The minimum Gasteiger partial charge on any atom is -0.481 e. The minimum absolute atomic E-state index is 0.0861. The summed E-state index contributed by atoms with van der Waals surface area (Å²) in [6.07, 6.45) is 7.99. The van der Waals surface area contributed by atoms with Gasteiger partial charge in [0, 0.05) is 0 Å². The molecule has 3 nitrogen and oxygen atoms in total. The second-order valence-electron chi connectivity index (χ2n) is 4.69. The summed E-state index contributed by atoms with van der Waals surface area (Å²) in [5, 5.41) is 12.3. The fourth-order valence-electron chi connectivity index (χ4n) is 2.29. The molecular formula is C13H23NO2. The van der Waals surface area contributed by atoms with Gasteiger partial charge in [0.25, 0.3) is 0 Å². The molecule has 0 amide bonds. The molecule has 0 aromatic rings. The number of hydrogen-bond acceptors (Lipinski definition) is 2. The van der Waals surface area contributed by atoms with E-state index in [4.69, 9.17) is 5.11 Å². The van der Waals surface area contributed by atoms with Gasteiger partial charge in [0.15, 0.2) is 0 Å². The largest absolute Gasteiger partial charge is 0.481 e. The van der Waals surface area contributed by atoms with E-state index in [0.717, 1.165) is 51.6 Å². The Morgan fingerprint density at radius 1 is 1.38 bits per heavy atom. The van der Waals surface area contributed by atoms with Gasteiger partial charge in [0.1, 0.15) is 0 Å². The van der Waals surface area contributed by atoms with Crippen LogP contribution in [0.15, 0.2) is 12.7 Å². The molecule has 0 atom stereocenters. The lowest BCUT2D eigenvalue weighted by Crippen LogP contribution is -2.29. The van der Waals surface area contributed by atoms with Crippen molar-refractivity contribution in [2.24, 2.45) is 11.8 Å². The molecule has 0 aromatic heterocycles. The Labute approximate surface area is 97.9 Å². The van der Waals surface area contributed by atoms with Crippen molar-refractivity contribution in [3.05, 3.63) is 12.7 Å². The normalized spacial score (nSPS) is 25.2. The summed E-state index contributed by atoms with van der Waals surface area (Å²) in [6.45, 7) is 5.78. The molecule has 2 N–H and O–H groups in total. The van der Waals surface area contributed by atoms with Gasteiger partial charge in [-0.05, 0) is 57.5 Å². The van der Waals surface area contributed by atoms with Gasteiger partial charge in [-0.3, -0.25) is 4.79 Å². The van der Waals surface area contributed by atoms with E-state index in [-0.39, 0.29) is 5.92 Å². The number of rotatable bonds is 7. The number of nitrogens with one attached hydrogen (secondary N) is 1. The van der Waals surface area contributed by atoms with Crippen LogP contribution >= 0.6 is 0 Å². The minimum atomic E-state index is -0.614. The van der Waals surface area contributed by atoms with Gasteiger partial charge < -0.3 is 10.4 Å². The maximum Gasteiger partial charge on any atom is 0.306 e. The first-order chi connectivity index (χ1) is 7.74. The van der Waals surface area contributed by atoms with Crippen LogP contribution < -0.4 is 5.32 Å². The molecule has 0 saturated heterocycles. The molecule has 0 aromatic carbocycles. The van der Waals surface area contributed by atoms with Crippen LogP contribution in [0.1, 0.15) is 38.5 Å². The van der Waals surface area contributed by atoms with Crippen molar-refractivity contribution in [1.82, 2.24) is 5.32 Å². The molecule has 16 heavy (non-hydrogen) atoms. The van der Waals surface area contributed by atoms with Gasteiger partial charge in [0.2, 0.25) is 0 Å². The van der Waals surface area contributed by atoms with Crippen molar-refractivity contribution < 1.29 is 9.90 Å². The number of allylic oxidation sites excluding steroid dienone is 1. The fraction of sp³-hybridized carbons (Fsp3) is 0.769. The third-order valence-corrected chi connectivity index (χ3v) is 3.39. The molecule has 0 bridgehead atoms. The average molecular weight is 225 g/mol. The van der Waals surface area contributed by atoms with Crippen molar-refractivity contribution in [3.63, 3.8) is 0 Å². The first kappa shape index (κ1) is 13.2. The molecule has 1 aliphatic rings. The van der Waals surface area contributed by atoms with Crippen molar-refractivity contribution in [2.75, 3.05) is 13.1 Å². The number of aliphatic carboxylic acids is 1. The van der Waals surface area contributed by atoms with Gasteiger partial charge in [-0.2, -0.15) is 0 Å². The third-order valence-electron chi connectivity index (χ3n) is 3.39. The lowest BCUT2D eigenvalue weighted by atomic mass is 9.82. The highest BCUT2D eigenvalue weighted by Crippen LogP contribution is 2.28. The first-order valence-electron chi connectivity index (χ1n) is 6.28. The van der Waals surface area contributed by atoms with Gasteiger partial charge in [-0.25, -0.2) is 0 Å². The summed E-state index contributed by atoms with van der Waals surface area (Å²) in [4.78, 5) is 10.8. The Hall–Kier alpha value is -0.830. The lowest BCUT2D eigenvalue weighted by molar-refractivity contribution is -0.143. The van der Waals surface area contributed by atoms with Crippen LogP contribution in [-0.4, -0.2) is 24.2 Å². The molecule has 1 saturated carbocycles. The standard InChI is InChI=1S/C13H23NO2/c1-2-3-4-9-14-10-11-5-7-12(8-6-11)13(15)16/h2,11-12,14H,1,3-10H2,(H,15,16). The molecule has 92 valence electrons. The number of carboxylic acids is 1. The van der Waals surface area contributed by atoms with Crippen LogP contribution in [0.2, 0.25) is 0 Å². The highest BCUT2D eigenvalue weighted by Gasteiger charge is 2.25. The van der Waals surface area contributed by atoms with E-state index in [2.05, 4.69) is 11.9 Å². The zero-order valence-corrected chi connectivity index (χ0v) is 9.95. The third kappa shape index (κ3) is 4.79. The van der Waals surface area contributed by atoms with E-state index in [1.54, 1.807) is 0 Å². The second kappa shape index (κ2) is 7.44. The maximum absolute atomic E-state index is 10.8. The number of unbranched alkanes of at least 4 members (excludes halogenated alkanes) is 1. The van der Waals surface area contributed by atoms with E-state index < -0.39 is 5.97 Å². The monoisotopic (exact) mass is 225 g/mol. The van der Waals surface area contributed by atoms with E-state index in [9.17, 15) is 4.79 Å². The summed E-state index contributed by atoms with van der Waals surface area (Å²) in [7, 11) is 0. The van der Waals surface area contributed by atoms with Crippen molar-refractivity contribution in [3.8, 4) is 0 Å². The first-order valence-corrected chi connectivity index (χ1v) is 6.28. The SMILES string of the molecule is C=CCCCNCC1CCC(C(=O)O)CC1. The molecule has 0 aliphatic heterocycles. The molecular weight excluding hydrogens is 202 g/mol. The number of hydrogen-bond donors (Lipinski definition) is 2. The molecule has 1 fully saturated rings. The van der Waals surface area contributed by atoms with Crippen LogP contribution in [0, 0.1) is 11.8 Å². The Balaban J connectivity index is 2.03. The van der Waals surface area contributed by atoms with Gasteiger partial charge in [-0.15, -0.1) is 6.58 Å². The van der Waals surface area contributed by atoms with E-state index >= 15 is 0 Å². The summed E-state index contributed by atoms with van der Waals surface area (Å²) in [6, 6.07) is 0. The van der Waals surface area contributed by atoms with E-state index in [0.29, 0.717) is 5.92 Å². The molecule has 0 radical (unpaired) electrons. The predicted molar refractivity (Wildman–Crippen MR) is 65.4 cm³/mol. The van der Waals surface area contributed by atoms with Crippen molar-refractivity contribution in [2.45, 2.75) is 38.5 Å².